The van der Waals surface area contributed by atoms with Crippen LogP contribution in [0, 0.1) is 0 Å². The topological polar surface area (TPSA) is 116 Å². The van der Waals surface area contributed by atoms with E-state index in [0.29, 0.717) is 0 Å². The summed E-state index contributed by atoms with van der Waals surface area (Å²) >= 11 is 0. The van der Waals surface area contributed by atoms with E-state index < -0.39 is 24.1 Å². The first kappa shape index (κ1) is 18.2. The maximum Gasteiger partial charge on any atom is 0.332 e. The summed E-state index contributed by atoms with van der Waals surface area (Å²) in [5, 5.41) is 20.0. The third-order valence-electron chi connectivity index (χ3n) is 2.47. The van der Waals surface area contributed by atoms with Gasteiger partial charge in [-0.05, 0) is 20.8 Å². The van der Waals surface area contributed by atoms with E-state index >= 15 is 0 Å². The van der Waals surface area contributed by atoms with Crippen molar-refractivity contribution in [3.05, 3.63) is 0 Å². The summed E-state index contributed by atoms with van der Waals surface area (Å²) in [6.45, 7) is 5.20. The molecule has 0 rings (SSSR count). The summed E-state index contributed by atoms with van der Waals surface area (Å²) in [5.41, 5.74) is 0. The van der Waals surface area contributed by atoms with Crippen LogP contribution in [-0.4, -0.2) is 64.9 Å². The van der Waals surface area contributed by atoms with E-state index in [9.17, 15) is 14.4 Å². The summed E-state index contributed by atoms with van der Waals surface area (Å²) in [6, 6.07) is -0.727. The molecule has 3 N–H and O–H groups in total. The first-order chi connectivity index (χ1) is 9.29. The molecule has 0 aliphatic carbocycles. The zero-order chi connectivity index (χ0) is 15.7. The van der Waals surface area contributed by atoms with Crippen molar-refractivity contribution in [1.82, 2.24) is 10.2 Å². The summed E-state index contributed by atoms with van der Waals surface area (Å²) < 4.78 is 4.77. The highest BCUT2D eigenvalue weighted by atomic mass is 16.5. The van der Waals surface area contributed by atoms with Crippen LogP contribution in [0.25, 0.3) is 0 Å². The summed E-state index contributed by atoms with van der Waals surface area (Å²) in [7, 11) is 0. The molecule has 8 heteroatoms. The molecule has 116 valence electrons. The Kier molecular flexibility index (Phi) is 8.30. The SMILES string of the molecule is CCOC(=O)CN(C(=O)NCC[C@H](O)C(=O)O)C(C)C. The predicted molar refractivity (Wildman–Crippen MR) is 70.1 cm³/mol. The lowest BCUT2D eigenvalue weighted by Gasteiger charge is -2.26. The van der Waals surface area contributed by atoms with E-state index in [4.69, 9.17) is 14.9 Å². The van der Waals surface area contributed by atoms with E-state index in [-0.39, 0.29) is 32.2 Å². The van der Waals surface area contributed by atoms with Gasteiger partial charge in [-0.1, -0.05) is 0 Å². The van der Waals surface area contributed by atoms with Gasteiger partial charge in [0.1, 0.15) is 6.54 Å². The second-order valence-corrected chi connectivity index (χ2v) is 4.40. The minimum atomic E-state index is -1.52. The van der Waals surface area contributed by atoms with Gasteiger partial charge in [-0.3, -0.25) is 4.79 Å². The molecule has 1 atom stereocenters. The van der Waals surface area contributed by atoms with Crippen LogP contribution in [0.15, 0.2) is 0 Å². The molecule has 20 heavy (non-hydrogen) atoms. The molecule has 0 saturated heterocycles. The molecular weight excluding hydrogens is 268 g/mol. The number of nitrogens with one attached hydrogen (secondary N) is 1. The molecule has 0 aliphatic heterocycles. The summed E-state index contributed by atoms with van der Waals surface area (Å²) in [5.74, 6) is -1.85. The van der Waals surface area contributed by atoms with Gasteiger partial charge in [-0.25, -0.2) is 9.59 Å². The Morgan fingerprint density at radius 2 is 1.90 bits per heavy atom. The van der Waals surface area contributed by atoms with Gasteiger partial charge >= 0.3 is 18.0 Å². The monoisotopic (exact) mass is 290 g/mol. The number of carboxylic acid groups (broad SMARTS) is 1. The van der Waals surface area contributed by atoms with E-state index in [1.165, 1.54) is 4.90 Å². The fourth-order valence-electron chi connectivity index (χ4n) is 1.38. The quantitative estimate of drug-likeness (QED) is 0.533. The van der Waals surface area contributed by atoms with Crippen LogP contribution < -0.4 is 5.32 Å². The van der Waals surface area contributed by atoms with Crippen LogP contribution in [-0.2, 0) is 14.3 Å². The Balaban J connectivity index is 4.30. The van der Waals surface area contributed by atoms with Gasteiger partial charge in [0.15, 0.2) is 6.10 Å². The Morgan fingerprint density at radius 3 is 2.35 bits per heavy atom. The summed E-state index contributed by atoms with van der Waals surface area (Å²) in [6.07, 6.45) is -1.63. The molecule has 0 aliphatic rings. The van der Waals surface area contributed by atoms with Crippen LogP contribution in [0.1, 0.15) is 27.2 Å². The number of rotatable bonds is 8. The molecule has 0 fully saturated rings. The Morgan fingerprint density at radius 1 is 1.30 bits per heavy atom. The number of hydrogen-bond acceptors (Lipinski definition) is 5. The lowest BCUT2D eigenvalue weighted by molar-refractivity contribution is -0.146. The number of urea groups is 1. The number of aliphatic hydroxyl groups excluding tert-OH is 1. The largest absolute Gasteiger partial charge is 0.479 e. The number of nitrogens with zero attached hydrogens (tertiary/aromatic N) is 1. The smallest absolute Gasteiger partial charge is 0.332 e. The van der Waals surface area contributed by atoms with Crippen molar-refractivity contribution >= 4 is 18.0 Å². The van der Waals surface area contributed by atoms with Crippen molar-refractivity contribution < 1.29 is 29.3 Å². The van der Waals surface area contributed by atoms with Crippen LogP contribution in [0.3, 0.4) is 0 Å². The molecule has 0 aromatic carbocycles. The Hall–Kier alpha value is -1.83. The molecule has 0 saturated carbocycles. The third-order valence-corrected chi connectivity index (χ3v) is 2.47. The van der Waals surface area contributed by atoms with E-state index in [2.05, 4.69) is 5.32 Å². The molecule has 0 unspecified atom stereocenters. The fourth-order valence-corrected chi connectivity index (χ4v) is 1.38. The van der Waals surface area contributed by atoms with Crippen molar-refractivity contribution in [3.8, 4) is 0 Å². The number of aliphatic hydroxyl groups is 1. The van der Waals surface area contributed by atoms with Gasteiger partial charge in [-0.2, -0.15) is 0 Å². The molecule has 8 nitrogen and oxygen atoms in total. The number of esters is 1. The summed E-state index contributed by atoms with van der Waals surface area (Å²) in [4.78, 5) is 34.9. The van der Waals surface area contributed by atoms with Gasteiger partial charge in [0.05, 0.1) is 6.61 Å². The lowest BCUT2D eigenvalue weighted by Crippen LogP contribution is -2.47. The molecule has 0 radical (unpaired) electrons. The van der Waals surface area contributed by atoms with Crippen LogP contribution >= 0.6 is 0 Å². The van der Waals surface area contributed by atoms with Crippen LogP contribution in [0.2, 0.25) is 0 Å². The van der Waals surface area contributed by atoms with Gasteiger partial charge in [0.2, 0.25) is 0 Å². The van der Waals surface area contributed by atoms with Crippen molar-refractivity contribution in [2.24, 2.45) is 0 Å². The van der Waals surface area contributed by atoms with E-state index in [1.807, 2.05) is 0 Å². The van der Waals surface area contributed by atoms with Crippen LogP contribution in [0.4, 0.5) is 4.79 Å². The maximum atomic E-state index is 11.9. The van der Waals surface area contributed by atoms with E-state index in [1.54, 1.807) is 20.8 Å². The number of carbonyl (C=O) groups excluding carboxylic acids is 2. The van der Waals surface area contributed by atoms with Gasteiger partial charge in [0, 0.05) is 19.0 Å². The second-order valence-electron chi connectivity index (χ2n) is 4.40. The first-order valence-electron chi connectivity index (χ1n) is 6.40. The highest BCUT2D eigenvalue weighted by Gasteiger charge is 2.21. The van der Waals surface area contributed by atoms with Gasteiger partial charge in [0.25, 0.3) is 0 Å². The van der Waals surface area contributed by atoms with Crippen molar-refractivity contribution in [3.63, 3.8) is 0 Å². The fraction of sp³-hybridized carbons (Fsp3) is 0.750. The minimum absolute atomic E-state index is 0.00164. The van der Waals surface area contributed by atoms with Gasteiger partial charge in [-0.15, -0.1) is 0 Å². The number of carboxylic acids is 1. The Labute approximate surface area is 117 Å². The van der Waals surface area contributed by atoms with Crippen molar-refractivity contribution in [2.45, 2.75) is 39.3 Å². The zero-order valence-electron chi connectivity index (χ0n) is 12.0. The number of ether oxygens (including phenoxy) is 1. The maximum absolute atomic E-state index is 11.9. The average molecular weight is 290 g/mol. The number of carbonyl (C=O) groups is 3. The minimum Gasteiger partial charge on any atom is -0.479 e. The third kappa shape index (κ3) is 6.93. The highest BCUT2D eigenvalue weighted by molar-refractivity contribution is 5.81. The van der Waals surface area contributed by atoms with E-state index in [0.717, 1.165) is 0 Å². The number of hydrogen-bond donors (Lipinski definition) is 3. The molecule has 0 aromatic heterocycles. The molecule has 0 aromatic rings. The number of aliphatic carboxylic acids is 1. The average Bonchev–Trinajstić information content (AvgIpc) is 2.35. The van der Waals surface area contributed by atoms with Crippen molar-refractivity contribution in [2.75, 3.05) is 19.7 Å². The van der Waals surface area contributed by atoms with Crippen LogP contribution in [0.5, 0.6) is 0 Å². The zero-order valence-corrected chi connectivity index (χ0v) is 12.0. The Bertz CT molecular complexity index is 345. The normalized spacial score (nSPS) is 11.8. The van der Waals surface area contributed by atoms with Gasteiger partial charge < -0.3 is 25.2 Å². The molecule has 0 spiro atoms. The standard InChI is InChI=1S/C12H22N2O6/c1-4-20-10(16)7-14(8(2)3)12(19)13-6-5-9(15)11(17)18/h8-9,15H,4-7H2,1-3H3,(H,13,19)(H,17,18)/t9-/m0/s1. The number of amides is 2. The molecular formula is C12H22N2O6. The van der Waals surface area contributed by atoms with Crippen molar-refractivity contribution in [1.29, 1.82) is 0 Å². The first-order valence-corrected chi connectivity index (χ1v) is 6.40. The highest BCUT2D eigenvalue weighted by Crippen LogP contribution is 2.00. The molecule has 0 heterocycles. The molecule has 0 bridgehead atoms. The molecule has 2 amide bonds. The second kappa shape index (κ2) is 9.13. The lowest BCUT2D eigenvalue weighted by atomic mass is 10.2. The predicted octanol–water partition coefficient (Wildman–Crippen LogP) is -0.195.